The molecule has 1 aliphatic heterocycles. The molecule has 0 spiro atoms. The normalized spacial score (nSPS) is 28.0. The Bertz CT molecular complexity index is 217. The first-order valence-corrected chi connectivity index (χ1v) is 5.23. The average molecular weight is 202 g/mol. The van der Waals surface area contributed by atoms with E-state index in [1.807, 2.05) is 20.8 Å². The largest absolute Gasteiger partial charge is 0.364 e. The molecule has 1 fully saturated rings. The number of halogens is 1. The van der Waals surface area contributed by atoms with E-state index < -0.39 is 17.7 Å². The lowest BCUT2D eigenvalue weighted by atomic mass is 9.76. The van der Waals surface area contributed by atoms with Gasteiger partial charge < -0.3 is 4.74 Å². The summed E-state index contributed by atoms with van der Waals surface area (Å²) in [5.74, 6) is -0.0764. The van der Waals surface area contributed by atoms with E-state index in [1.54, 1.807) is 0 Å². The number of ether oxygens (including phenoxy) is 1. The highest BCUT2D eigenvalue weighted by molar-refractivity contribution is 5.92. The fourth-order valence-electron chi connectivity index (χ4n) is 1.82. The van der Waals surface area contributed by atoms with Crippen molar-refractivity contribution in [1.29, 1.82) is 0 Å². The van der Waals surface area contributed by atoms with Crippen LogP contribution in [0.5, 0.6) is 0 Å². The van der Waals surface area contributed by atoms with Crippen molar-refractivity contribution in [2.24, 2.45) is 5.41 Å². The van der Waals surface area contributed by atoms with Gasteiger partial charge in [0.2, 0.25) is 0 Å². The molecule has 1 rings (SSSR count). The summed E-state index contributed by atoms with van der Waals surface area (Å²) in [5, 5.41) is 0. The van der Waals surface area contributed by atoms with Gasteiger partial charge in [0.15, 0.2) is 11.4 Å². The van der Waals surface area contributed by atoms with Crippen molar-refractivity contribution < 1.29 is 13.9 Å². The van der Waals surface area contributed by atoms with Crippen molar-refractivity contribution in [1.82, 2.24) is 0 Å². The summed E-state index contributed by atoms with van der Waals surface area (Å²) < 4.78 is 18.2. The Hall–Kier alpha value is -0.440. The van der Waals surface area contributed by atoms with Crippen LogP contribution in [0.1, 0.15) is 40.0 Å². The van der Waals surface area contributed by atoms with Crippen LogP contribution in [0.3, 0.4) is 0 Å². The lowest BCUT2D eigenvalue weighted by Crippen LogP contribution is -2.47. The molecule has 3 heteroatoms. The second kappa shape index (κ2) is 3.97. The summed E-state index contributed by atoms with van der Waals surface area (Å²) in [5.41, 5.74) is -1.60. The summed E-state index contributed by atoms with van der Waals surface area (Å²) in [7, 11) is 0. The summed E-state index contributed by atoms with van der Waals surface area (Å²) in [6, 6.07) is 0. The van der Waals surface area contributed by atoms with Crippen LogP contribution in [0.25, 0.3) is 0 Å². The van der Waals surface area contributed by atoms with Crippen LogP contribution in [0.15, 0.2) is 0 Å². The number of Topliss-reactive ketones (excluding diaryl/α,β-unsaturated/α-hetero) is 1. The number of carbonyl (C=O) groups is 1. The maximum absolute atomic E-state index is 12.9. The molecular formula is C11H19FO2. The number of hydrogen-bond donors (Lipinski definition) is 0. The van der Waals surface area contributed by atoms with Crippen molar-refractivity contribution in [2.75, 3.05) is 13.3 Å². The van der Waals surface area contributed by atoms with Crippen molar-refractivity contribution in [3.05, 3.63) is 0 Å². The highest BCUT2D eigenvalue weighted by Gasteiger charge is 2.48. The van der Waals surface area contributed by atoms with Gasteiger partial charge in [0.25, 0.3) is 0 Å². The van der Waals surface area contributed by atoms with Crippen LogP contribution in [0.4, 0.5) is 4.39 Å². The Kier molecular flexibility index (Phi) is 3.30. The van der Waals surface area contributed by atoms with Crippen molar-refractivity contribution >= 4 is 5.78 Å². The zero-order chi connectivity index (χ0) is 10.8. The third-order valence-electron chi connectivity index (χ3n) is 3.23. The molecule has 0 radical (unpaired) electrons. The molecule has 1 heterocycles. The second-order valence-electron chi connectivity index (χ2n) is 4.65. The van der Waals surface area contributed by atoms with Gasteiger partial charge in [0, 0.05) is 12.0 Å². The summed E-state index contributed by atoms with van der Waals surface area (Å²) >= 11 is 0. The number of carbonyl (C=O) groups excluding carboxylic acids is 1. The Morgan fingerprint density at radius 3 is 2.57 bits per heavy atom. The van der Waals surface area contributed by atoms with Gasteiger partial charge in [-0.25, -0.2) is 4.39 Å². The molecule has 0 saturated carbocycles. The monoisotopic (exact) mass is 202 g/mol. The molecule has 1 unspecified atom stereocenters. The first-order chi connectivity index (χ1) is 6.48. The Labute approximate surface area is 84.8 Å². The zero-order valence-corrected chi connectivity index (χ0v) is 9.23. The van der Waals surface area contributed by atoms with E-state index in [0.717, 1.165) is 12.8 Å². The zero-order valence-electron chi connectivity index (χ0n) is 9.23. The topological polar surface area (TPSA) is 26.3 Å². The van der Waals surface area contributed by atoms with E-state index in [4.69, 9.17) is 4.74 Å². The Balaban J connectivity index is 2.85. The maximum Gasteiger partial charge on any atom is 0.172 e. The highest BCUT2D eigenvalue weighted by atomic mass is 19.1. The summed E-state index contributed by atoms with van der Waals surface area (Å²) in [4.78, 5) is 12.1. The van der Waals surface area contributed by atoms with E-state index in [-0.39, 0.29) is 5.78 Å². The number of rotatable bonds is 4. The number of alkyl halides is 1. The minimum atomic E-state index is -1.13. The van der Waals surface area contributed by atoms with Crippen molar-refractivity contribution in [3.8, 4) is 0 Å². The standard InChI is InChI=1S/C11H19FO2/c1-4-10(2,3)9(13)11(8-12)6-5-7-14-11/h4-8H2,1-3H3. The fraction of sp³-hybridized carbons (Fsp3) is 0.909. The molecule has 0 aromatic heterocycles. The molecule has 0 aromatic carbocycles. The molecule has 0 aromatic rings. The molecule has 1 saturated heterocycles. The van der Waals surface area contributed by atoms with E-state index >= 15 is 0 Å². The maximum atomic E-state index is 12.9. The van der Waals surface area contributed by atoms with Crippen LogP contribution >= 0.6 is 0 Å². The highest BCUT2D eigenvalue weighted by Crippen LogP contribution is 2.36. The van der Waals surface area contributed by atoms with E-state index in [9.17, 15) is 9.18 Å². The van der Waals surface area contributed by atoms with Gasteiger partial charge in [-0.05, 0) is 19.3 Å². The van der Waals surface area contributed by atoms with Crippen molar-refractivity contribution in [3.63, 3.8) is 0 Å². The number of ketones is 1. The minimum Gasteiger partial charge on any atom is -0.364 e. The lowest BCUT2D eigenvalue weighted by Gasteiger charge is -2.32. The third-order valence-corrected chi connectivity index (χ3v) is 3.23. The Morgan fingerprint density at radius 2 is 2.21 bits per heavy atom. The van der Waals surface area contributed by atoms with E-state index in [0.29, 0.717) is 13.0 Å². The minimum absolute atomic E-state index is 0.0764. The van der Waals surface area contributed by atoms with Gasteiger partial charge in [-0.2, -0.15) is 0 Å². The molecule has 1 atom stereocenters. The number of hydrogen-bond acceptors (Lipinski definition) is 2. The molecule has 14 heavy (non-hydrogen) atoms. The molecule has 0 bridgehead atoms. The Morgan fingerprint density at radius 1 is 1.57 bits per heavy atom. The van der Waals surface area contributed by atoms with Crippen LogP contribution in [0, 0.1) is 5.41 Å². The van der Waals surface area contributed by atoms with Crippen LogP contribution in [0.2, 0.25) is 0 Å². The molecule has 2 nitrogen and oxygen atoms in total. The summed E-state index contributed by atoms with van der Waals surface area (Å²) in [6.45, 7) is 5.48. The van der Waals surface area contributed by atoms with Gasteiger partial charge in [-0.3, -0.25) is 4.79 Å². The van der Waals surface area contributed by atoms with Crippen LogP contribution < -0.4 is 0 Å². The predicted molar refractivity (Wildman–Crippen MR) is 53.0 cm³/mol. The SMILES string of the molecule is CCC(C)(C)C(=O)C1(CF)CCCO1. The second-order valence-corrected chi connectivity index (χ2v) is 4.65. The van der Waals surface area contributed by atoms with Gasteiger partial charge in [-0.1, -0.05) is 20.8 Å². The van der Waals surface area contributed by atoms with Gasteiger partial charge in [0.1, 0.15) is 6.67 Å². The first-order valence-electron chi connectivity index (χ1n) is 5.23. The molecule has 0 amide bonds. The summed E-state index contributed by atoms with van der Waals surface area (Å²) in [6.07, 6.45) is 2.04. The van der Waals surface area contributed by atoms with E-state index in [2.05, 4.69) is 0 Å². The molecule has 0 aliphatic carbocycles. The fourth-order valence-corrected chi connectivity index (χ4v) is 1.82. The van der Waals surface area contributed by atoms with E-state index in [1.165, 1.54) is 0 Å². The lowest BCUT2D eigenvalue weighted by molar-refractivity contribution is -0.150. The smallest absolute Gasteiger partial charge is 0.172 e. The van der Waals surface area contributed by atoms with Gasteiger partial charge >= 0.3 is 0 Å². The van der Waals surface area contributed by atoms with Gasteiger partial charge in [0.05, 0.1) is 0 Å². The average Bonchev–Trinajstić information content (AvgIpc) is 2.66. The molecule has 1 aliphatic rings. The van der Waals surface area contributed by atoms with Gasteiger partial charge in [-0.15, -0.1) is 0 Å². The predicted octanol–water partition coefficient (Wildman–Crippen LogP) is 2.51. The first kappa shape index (κ1) is 11.6. The third kappa shape index (κ3) is 1.83. The van der Waals surface area contributed by atoms with Crippen LogP contribution in [-0.2, 0) is 9.53 Å². The molecular weight excluding hydrogens is 183 g/mol. The molecule has 0 N–H and O–H groups in total. The molecule has 82 valence electrons. The van der Waals surface area contributed by atoms with Crippen LogP contribution in [-0.4, -0.2) is 24.7 Å². The van der Waals surface area contributed by atoms with Crippen molar-refractivity contribution in [2.45, 2.75) is 45.6 Å². The quantitative estimate of drug-likeness (QED) is 0.700.